The van der Waals surface area contributed by atoms with Gasteiger partial charge < -0.3 is 10.1 Å². The molecule has 1 unspecified atom stereocenters. The van der Waals surface area contributed by atoms with Crippen molar-refractivity contribution < 1.29 is 9.53 Å². The van der Waals surface area contributed by atoms with Crippen LogP contribution >= 0.6 is 11.3 Å². The molecule has 1 aromatic rings. The Bertz CT molecular complexity index is 485. The van der Waals surface area contributed by atoms with Crippen molar-refractivity contribution in [1.82, 2.24) is 10.2 Å². The van der Waals surface area contributed by atoms with Crippen molar-refractivity contribution in [2.24, 2.45) is 5.92 Å². The van der Waals surface area contributed by atoms with E-state index in [9.17, 15) is 4.79 Å². The lowest BCUT2D eigenvalue weighted by Gasteiger charge is -2.33. The third kappa shape index (κ3) is 4.80. The average Bonchev–Trinajstić information content (AvgIpc) is 2.75. The Morgan fingerprint density at radius 1 is 1.52 bits per heavy atom. The van der Waals surface area contributed by atoms with E-state index in [2.05, 4.69) is 24.1 Å². The Morgan fingerprint density at radius 3 is 2.90 bits per heavy atom. The van der Waals surface area contributed by atoms with Crippen LogP contribution in [0.25, 0.3) is 0 Å². The van der Waals surface area contributed by atoms with Gasteiger partial charge in [0, 0.05) is 35.9 Å². The highest BCUT2D eigenvalue weighted by molar-refractivity contribution is 7.12. The minimum absolute atomic E-state index is 0.0152. The van der Waals surface area contributed by atoms with Crippen molar-refractivity contribution in [3.05, 3.63) is 21.4 Å². The first kappa shape index (κ1) is 16.5. The number of morpholine rings is 1. The van der Waals surface area contributed by atoms with Gasteiger partial charge in [0.15, 0.2) is 0 Å². The van der Waals surface area contributed by atoms with E-state index in [4.69, 9.17) is 4.74 Å². The number of hydrogen-bond donors (Lipinski definition) is 1. The van der Waals surface area contributed by atoms with Gasteiger partial charge in [0.2, 0.25) is 0 Å². The van der Waals surface area contributed by atoms with Crippen LogP contribution in [-0.2, 0) is 4.74 Å². The van der Waals surface area contributed by atoms with E-state index in [0.717, 1.165) is 36.7 Å². The molecule has 1 aliphatic heterocycles. The molecule has 5 heteroatoms. The smallest absolute Gasteiger partial charge is 0.252 e. The lowest BCUT2D eigenvalue weighted by Crippen LogP contribution is -2.48. The average molecular weight is 310 g/mol. The quantitative estimate of drug-likeness (QED) is 0.908. The summed E-state index contributed by atoms with van der Waals surface area (Å²) in [5.74, 6) is 0.677. The highest BCUT2D eigenvalue weighted by Gasteiger charge is 2.22. The topological polar surface area (TPSA) is 41.6 Å². The SMILES string of the molecule is Cc1cc(C(=O)NCC2CN(CC(C)C)CCO2)c(C)s1. The molecule has 118 valence electrons. The van der Waals surface area contributed by atoms with Crippen LogP contribution in [0, 0.1) is 19.8 Å². The molecule has 1 aromatic heterocycles. The standard InChI is InChI=1S/C16H26N2O2S/c1-11(2)9-18-5-6-20-14(10-18)8-17-16(19)15-7-12(3)21-13(15)4/h7,11,14H,5-6,8-10H2,1-4H3,(H,17,19). The molecule has 0 spiro atoms. The van der Waals surface area contributed by atoms with Gasteiger partial charge in [-0.15, -0.1) is 11.3 Å². The molecule has 1 fully saturated rings. The van der Waals surface area contributed by atoms with E-state index in [1.807, 2.05) is 19.9 Å². The second kappa shape index (κ2) is 7.38. The largest absolute Gasteiger partial charge is 0.374 e. The van der Waals surface area contributed by atoms with Gasteiger partial charge >= 0.3 is 0 Å². The third-order valence-corrected chi connectivity index (χ3v) is 4.59. The Labute approximate surface area is 131 Å². The first-order valence-electron chi connectivity index (χ1n) is 7.65. The molecule has 1 saturated heterocycles. The van der Waals surface area contributed by atoms with E-state index < -0.39 is 0 Å². The van der Waals surface area contributed by atoms with Crippen molar-refractivity contribution in [1.29, 1.82) is 0 Å². The zero-order valence-corrected chi connectivity index (χ0v) is 14.3. The van der Waals surface area contributed by atoms with Crippen LogP contribution in [0.4, 0.5) is 0 Å². The molecule has 0 aliphatic carbocycles. The van der Waals surface area contributed by atoms with Crippen LogP contribution in [-0.4, -0.2) is 49.7 Å². The molecular formula is C16H26N2O2S. The third-order valence-electron chi connectivity index (χ3n) is 3.62. The van der Waals surface area contributed by atoms with Crippen molar-refractivity contribution in [2.45, 2.75) is 33.8 Å². The number of hydrogen-bond acceptors (Lipinski definition) is 4. The summed E-state index contributed by atoms with van der Waals surface area (Å²) < 4.78 is 5.76. The van der Waals surface area contributed by atoms with Gasteiger partial charge in [0.05, 0.1) is 18.3 Å². The number of carbonyl (C=O) groups is 1. The predicted octanol–water partition coefficient (Wildman–Crippen LogP) is 2.45. The Morgan fingerprint density at radius 2 is 2.29 bits per heavy atom. The zero-order valence-electron chi connectivity index (χ0n) is 13.4. The van der Waals surface area contributed by atoms with E-state index in [0.29, 0.717) is 12.5 Å². The van der Waals surface area contributed by atoms with Gasteiger partial charge in [-0.2, -0.15) is 0 Å². The van der Waals surface area contributed by atoms with E-state index in [-0.39, 0.29) is 12.0 Å². The molecule has 0 radical (unpaired) electrons. The first-order valence-corrected chi connectivity index (χ1v) is 8.46. The van der Waals surface area contributed by atoms with Crippen molar-refractivity contribution >= 4 is 17.2 Å². The maximum atomic E-state index is 12.2. The Kier molecular flexibility index (Phi) is 5.79. The first-order chi connectivity index (χ1) is 9.95. The highest BCUT2D eigenvalue weighted by Crippen LogP contribution is 2.20. The summed E-state index contributed by atoms with van der Waals surface area (Å²) in [5, 5.41) is 3.01. The molecule has 1 N–H and O–H groups in total. The van der Waals surface area contributed by atoms with Crippen LogP contribution in [0.15, 0.2) is 6.07 Å². The number of ether oxygens (including phenoxy) is 1. The minimum atomic E-state index is 0.0152. The summed E-state index contributed by atoms with van der Waals surface area (Å²) in [7, 11) is 0. The van der Waals surface area contributed by atoms with Gasteiger partial charge in [0.1, 0.15) is 0 Å². The summed E-state index contributed by atoms with van der Waals surface area (Å²) in [5.41, 5.74) is 0.798. The van der Waals surface area contributed by atoms with Crippen LogP contribution in [0.3, 0.4) is 0 Å². The molecule has 1 aliphatic rings. The summed E-state index contributed by atoms with van der Waals surface area (Å²) in [4.78, 5) is 16.9. The number of thiophene rings is 1. The molecule has 4 nitrogen and oxygen atoms in total. The normalized spacial score (nSPS) is 20.0. The van der Waals surface area contributed by atoms with Gasteiger partial charge in [0.25, 0.3) is 5.91 Å². The second-order valence-electron chi connectivity index (χ2n) is 6.18. The fourth-order valence-electron chi connectivity index (χ4n) is 2.74. The van der Waals surface area contributed by atoms with Crippen molar-refractivity contribution in [3.8, 4) is 0 Å². The molecule has 0 aromatic carbocycles. The van der Waals surface area contributed by atoms with Crippen molar-refractivity contribution in [2.75, 3.05) is 32.8 Å². The second-order valence-corrected chi connectivity index (χ2v) is 7.64. The van der Waals surface area contributed by atoms with E-state index in [1.54, 1.807) is 11.3 Å². The number of aryl methyl sites for hydroxylation is 2. The lowest BCUT2D eigenvalue weighted by molar-refractivity contribution is -0.0295. The minimum Gasteiger partial charge on any atom is -0.374 e. The number of amides is 1. The molecule has 2 heterocycles. The molecule has 1 amide bonds. The van der Waals surface area contributed by atoms with Crippen LogP contribution < -0.4 is 5.32 Å². The van der Waals surface area contributed by atoms with Crippen molar-refractivity contribution in [3.63, 3.8) is 0 Å². The number of nitrogens with one attached hydrogen (secondary N) is 1. The summed E-state index contributed by atoms with van der Waals surface area (Å²) in [6.07, 6.45) is 0.0986. The summed E-state index contributed by atoms with van der Waals surface area (Å²) in [6.45, 7) is 12.8. The van der Waals surface area contributed by atoms with Crippen LogP contribution in [0.2, 0.25) is 0 Å². The molecule has 0 saturated carbocycles. The molecule has 0 bridgehead atoms. The fourth-order valence-corrected chi connectivity index (χ4v) is 3.67. The van der Waals surface area contributed by atoms with E-state index >= 15 is 0 Å². The lowest BCUT2D eigenvalue weighted by atomic mass is 10.1. The maximum Gasteiger partial charge on any atom is 0.252 e. The fraction of sp³-hybridized carbons (Fsp3) is 0.688. The molecule has 2 rings (SSSR count). The van der Waals surface area contributed by atoms with Gasteiger partial charge in [-0.3, -0.25) is 9.69 Å². The van der Waals surface area contributed by atoms with Crippen LogP contribution in [0.5, 0.6) is 0 Å². The summed E-state index contributed by atoms with van der Waals surface area (Å²) in [6, 6.07) is 1.96. The maximum absolute atomic E-state index is 12.2. The predicted molar refractivity (Wildman–Crippen MR) is 87.1 cm³/mol. The number of carbonyl (C=O) groups excluding carboxylic acids is 1. The zero-order chi connectivity index (χ0) is 15.4. The van der Waals surface area contributed by atoms with Crippen LogP contribution in [0.1, 0.15) is 34.0 Å². The molecule has 1 atom stereocenters. The number of rotatable bonds is 5. The Hall–Kier alpha value is -0.910. The monoisotopic (exact) mass is 310 g/mol. The molecule has 21 heavy (non-hydrogen) atoms. The van der Waals surface area contributed by atoms with Gasteiger partial charge in [-0.05, 0) is 25.8 Å². The van der Waals surface area contributed by atoms with Gasteiger partial charge in [-0.25, -0.2) is 0 Å². The van der Waals surface area contributed by atoms with E-state index in [1.165, 1.54) is 4.88 Å². The Balaban J connectivity index is 1.82. The number of nitrogens with zero attached hydrogens (tertiary/aromatic N) is 1. The van der Waals surface area contributed by atoms with Gasteiger partial charge in [-0.1, -0.05) is 13.8 Å². The highest BCUT2D eigenvalue weighted by atomic mass is 32.1. The molecular weight excluding hydrogens is 284 g/mol. The summed E-state index contributed by atoms with van der Waals surface area (Å²) >= 11 is 1.67.